The maximum Gasteiger partial charge on any atom is 0.250 e. The average molecular weight is 150 g/mol. The van der Waals surface area contributed by atoms with Gasteiger partial charge in [-0.1, -0.05) is 0 Å². The van der Waals surface area contributed by atoms with Crippen molar-refractivity contribution in [2.75, 3.05) is 0 Å². The second kappa shape index (κ2) is 2.16. The van der Waals surface area contributed by atoms with E-state index in [1.54, 1.807) is 0 Å². The van der Waals surface area contributed by atoms with E-state index in [0.29, 0.717) is 12.8 Å². The minimum absolute atomic E-state index is 0.0663. The zero-order valence-corrected chi connectivity index (χ0v) is 6.03. The summed E-state index contributed by atoms with van der Waals surface area (Å²) in [5.74, 6) is -2.64. The van der Waals surface area contributed by atoms with E-state index in [1.807, 2.05) is 0 Å². The van der Waals surface area contributed by atoms with Gasteiger partial charge in [0.15, 0.2) is 0 Å². The molecule has 1 rings (SSSR count). The van der Waals surface area contributed by atoms with Gasteiger partial charge in [0.1, 0.15) is 0 Å². The first-order chi connectivity index (χ1) is 4.41. The molecule has 0 heterocycles. The van der Waals surface area contributed by atoms with Crippen LogP contribution >= 0.6 is 0 Å². The molecule has 0 saturated heterocycles. The molecule has 1 aliphatic carbocycles. The molecule has 1 aliphatic rings. The molecular weight excluding hydrogens is 138 g/mol. The lowest BCUT2D eigenvalue weighted by atomic mass is 9.84. The first-order valence-corrected chi connectivity index (χ1v) is 3.52. The van der Waals surface area contributed by atoms with Gasteiger partial charge in [-0.15, -0.1) is 0 Å². The summed E-state index contributed by atoms with van der Waals surface area (Å²) in [5, 5.41) is 9.23. The summed E-state index contributed by atoms with van der Waals surface area (Å²) in [7, 11) is 0. The fourth-order valence-electron chi connectivity index (χ4n) is 1.46. The van der Waals surface area contributed by atoms with Crippen LogP contribution in [0, 0.1) is 0 Å². The molecule has 10 heavy (non-hydrogen) atoms. The van der Waals surface area contributed by atoms with Crippen LogP contribution in [-0.2, 0) is 0 Å². The number of halogens is 2. The zero-order valence-electron chi connectivity index (χ0n) is 6.03. The van der Waals surface area contributed by atoms with Gasteiger partial charge in [-0.3, -0.25) is 0 Å². The quantitative estimate of drug-likeness (QED) is 0.559. The summed E-state index contributed by atoms with van der Waals surface area (Å²) < 4.78 is 25.1. The monoisotopic (exact) mass is 150 g/mol. The summed E-state index contributed by atoms with van der Waals surface area (Å²) in [6.07, 6.45) is 0.492. The molecule has 1 nitrogen and oxygen atoms in total. The lowest BCUT2D eigenvalue weighted by molar-refractivity contribution is -0.116. The third kappa shape index (κ3) is 1.90. The summed E-state index contributed by atoms with van der Waals surface area (Å²) >= 11 is 0. The summed E-state index contributed by atoms with van der Waals surface area (Å²) in [4.78, 5) is 0. The van der Waals surface area contributed by atoms with Crippen LogP contribution in [0.15, 0.2) is 0 Å². The van der Waals surface area contributed by atoms with E-state index in [-0.39, 0.29) is 12.8 Å². The van der Waals surface area contributed by atoms with Gasteiger partial charge in [-0.25, -0.2) is 8.78 Å². The molecule has 0 aromatic heterocycles. The molecule has 60 valence electrons. The number of rotatable bonds is 0. The highest BCUT2D eigenvalue weighted by Crippen LogP contribution is 2.38. The average Bonchev–Trinajstić information content (AvgIpc) is 1.56. The molecule has 0 bridgehead atoms. The summed E-state index contributed by atoms with van der Waals surface area (Å²) in [5.41, 5.74) is -1.14. The van der Waals surface area contributed by atoms with Crippen LogP contribution < -0.4 is 0 Å². The van der Waals surface area contributed by atoms with E-state index in [1.165, 1.54) is 6.92 Å². The van der Waals surface area contributed by atoms with Gasteiger partial charge in [0.05, 0.1) is 5.60 Å². The SMILES string of the molecule is C[C@]1(O)CCCC(F)(F)C1. The molecule has 1 N–H and O–H groups in total. The van der Waals surface area contributed by atoms with Crippen LogP contribution in [0.5, 0.6) is 0 Å². The van der Waals surface area contributed by atoms with Gasteiger partial charge < -0.3 is 5.11 Å². The van der Waals surface area contributed by atoms with Gasteiger partial charge in [-0.2, -0.15) is 0 Å². The second-order valence-corrected chi connectivity index (χ2v) is 3.38. The van der Waals surface area contributed by atoms with Crippen molar-refractivity contribution in [3.8, 4) is 0 Å². The predicted molar refractivity (Wildman–Crippen MR) is 34.0 cm³/mol. The van der Waals surface area contributed by atoms with Crippen molar-refractivity contribution in [1.82, 2.24) is 0 Å². The maximum atomic E-state index is 12.5. The Balaban J connectivity index is 2.56. The number of alkyl halides is 2. The van der Waals surface area contributed by atoms with Gasteiger partial charge in [0, 0.05) is 12.8 Å². The zero-order chi connectivity index (χ0) is 7.83. The lowest BCUT2D eigenvalue weighted by Gasteiger charge is -2.33. The Morgan fingerprint density at radius 3 is 2.20 bits per heavy atom. The minimum atomic E-state index is -2.64. The minimum Gasteiger partial charge on any atom is -0.390 e. The molecule has 0 aromatic rings. The topological polar surface area (TPSA) is 20.2 Å². The Hall–Kier alpha value is -0.180. The van der Waals surface area contributed by atoms with Crippen molar-refractivity contribution in [3.05, 3.63) is 0 Å². The molecule has 0 spiro atoms. The summed E-state index contributed by atoms with van der Waals surface area (Å²) in [6, 6.07) is 0. The molecule has 0 radical (unpaired) electrons. The molecule has 1 atom stereocenters. The molecule has 0 unspecified atom stereocenters. The van der Waals surface area contributed by atoms with Crippen LogP contribution in [0.25, 0.3) is 0 Å². The Kier molecular flexibility index (Phi) is 1.71. The summed E-state index contributed by atoms with van der Waals surface area (Å²) in [6.45, 7) is 1.47. The largest absolute Gasteiger partial charge is 0.390 e. The molecule has 0 aliphatic heterocycles. The van der Waals surface area contributed by atoms with E-state index >= 15 is 0 Å². The Morgan fingerprint density at radius 1 is 1.30 bits per heavy atom. The lowest BCUT2D eigenvalue weighted by Crippen LogP contribution is -2.38. The van der Waals surface area contributed by atoms with Crippen molar-refractivity contribution >= 4 is 0 Å². The Labute approximate surface area is 59.0 Å². The highest BCUT2D eigenvalue weighted by molar-refractivity contribution is 4.86. The van der Waals surface area contributed by atoms with Crippen molar-refractivity contribution < 1.29 is 13.9 Å². The number of aliphatic hydroxyl groups is 1. The van der Waals surface area contributed by atoms with Crippen molar-refractivity contribution in [2.45, 2.75) is 44.1 Å². The maximum absolute atomic E-state index is 12.5. The molecule has 3 heteroatoms. The van der Waals surface area contributed by atoms with Crippen molar-refractivity contribution in [3.63, 3.8) is 0 Å². The van der Waals surface area contributed by atoms with E-state index in [2.05, 4.69) is 0 Å². The van der Waals surface area contributed by atoms with Gasteiger partial charge >= 0.3 is 0 Å². The number of hydrogen-bond acceptors (Lipinski definition) is 1. The van der Waals surface area contributed by atoms with E-state index in [0.717, 1.165) is 0 Å². The van der Waals surface area contributed by atoms with Crippen molar-refractivity contribution in [2.24, 2.45) is 0 Å². The first kappa shape index (κ1) is 7.92. The van der Waals surface area contributed by atoms with Crippen LogP contribution in [0.4, 0.5) is 8.78 Å². The van der Waals surface area contributed by atoms with E-state index < -0.39 is 11.5 Å². The molecule has 1 saturated carbocycles. The van der Waals surface area contributed by atoms with Crippen LogP contribution in [0.1, 0.15) is 32.6 Å². The highest BCUT2D eigenvalue weighted by atomic mass is 19.3. The van der Waals surface area contributed by atoms with E-state index in [4.69, 9.17) is 0 Å². The molecule has 0 aromatic carbocycles. The fourth-order valence-corrected chi connectivity index (χ4v) is 1.46. The normalized spacial score (nSPS) is 39.6. The van der Waals surface area contributed by atoms with E-state index in [9.17, 15) is 13.9 Å². The van der Waals surface area contributed by atoms with Gasteiger partial charge in [0.2, 0.25) is 0 Å². The van der Waals surface area contributed by atoms with Crippen LogP contribution in [-0.4, -0.2) is 16.6 Å². The molecule has 0 amide bonds. The predicted octanol–water partition coefficient (Wildman–Crippen LogP) is 1.95. The van der Waals surface area contributed by atoms with Crippen LogP contribution in [0.2, 0.25) is 0 Å². The molecular formula is C7H12F2O. The Morgan fingerprint density at radius 2 is 1.90 bits per heavy atom. The van der Waals surface area contributed by atoms with Crippen molar-refractivity contribution in [1.29, 1.82) is 0 Å². The highest BCUT2D eigenvalue weighted by Gasteiger charge is 2.41. The first-order valence-electron chi connectivity index (χ1n) is 3.52. The third-order valence-electron chi connectivity index (χ3n) is 1.90. The fraction of sp³-hybridized carbons (Fsp3) is 1.00. The van der Waals surface area contributed by atoms with Crippen LogP contribution in [0.3, 0.4) is 0 Å². The molecule has 1 fully saturated rings. The second-order valence-electron chi connectivity index (χ2n) is 3.38. The smallest absolute Gasteiger partial charge is 0.250 e. The number of hydrogen-bond donors (Lipinski definition) is 1. The van der Waals surface area contributed by atoms with Gasteiger partial charge in [0.25, 0.3) is 5.92 Å². The van der Waals surface area contributed by atoms with Gasteiger partial charge in [-0.05, 0) is 19.8 Å². The standard InChI is InChI=1S/C7H12F2O/c1-6(10)3-2-4-7(8,9)5-6/h10H,2-5H2,1H3/t6-/m0/s1. The Bertz CT molecular complexity index is 118. The third-order valence-corrected chi connectivity index (χ3v) is 1.90.